The highest BCUT2D eigenvalue weighted by Gasteiger charge is 2.02. The van der Waals surface area contributed by atoms with Crippen molar-refractivity contribution >= 4 is 41.3 Å². The zero-order chi connectivity index (χ0) is 15.1. The third-order valence-corrected chi connectivity index (χ3v) is 3.73. The van der Waals surface area contributed by atoms with Crippen LogP contribution in [0.3, 0.4) is 0 Å². The number of halogens is 1. The molecule has 1 aromatic carbocycles. The molecule has 0 aliphatic rings. The van der Waals surface area contributed by atoms with Crippen LogP contribution in [0.25, 0.3) is 0 Å². The Kier molecular flexibility index (Phi) is 7.84. The Morgan fingerprint density at radius 3 is 2.77 bits per heavy atom. The quantitative estimate of drug-likeness (QED) is 0.447. The maximum absolute atomic E-state index is 8.89. The van der Waals surface area contributed by atoms with E-state index in [1.165, 1.54) is 4.88 Å². The summed E-state index contributed by atoms with van der Waals surface area (Å²) in [5, 5.41) is 16.4. The number of hydrogen-bond acceptors (Lipinski definition) is 4. The monoisotopic (exact) mass is 427 g/mol. The highest BCUT2D eigenvalue weighted by atomic mass is 127. The molecule has 0 atom stereocenters. The molecule has 1 heterocycles. The van der Waals surface area contributed by atoms with Gasteiger partial charge in [-0.25, -0.2) is 4.98 Å². The second-order valence-electron chi connectivity index (χ2n) is 4.46. The van der Waals surface area contributed by atoms with Gasteiger partial charge in [0.15, 0.2) is 5.96 Å². The Labute approximate surface area is 151 Å². The first kappa shape index (κ1) is 18.4. The average molecular weight is 427 g/mol. The van der Waals surface area contributed by atoms with Crippen molar-refractivity contribution in [2.24, 2.45) is 4.99 Å². The molecule has 0 unspecified atom stereocenters. The summed E-state index contributed by atoms with van der Waals surface area (Å²) >= 11 is 1.67. The van der Waals surface area contributed by atoms with Crippen LogP contribution in [0.5, 0.6) is 0 Å². The molecule has 2 N–H and O–H groups in total. The fraction of sp³-hybridized carbons (Fsp3) is 0.267. The molecule has 0 saturated heterocycles. The number of aromatic nitrogens is 1. The van der Waals surface area contributed by atoms with Gasteiger partial charge in [0.1, 0.15) is 5.01 Å². The Balaban J connectivity index is 0.00000242. The van der Waals surface area contributed by atoms with Gasteiger partial charge < -0.3 is 10.6 Å². The van der Waals surface area contributed by atoms with E-state index < -0.39 is 0 Å². The predicted molar refractivity (Wildman–Crippen MR) is 100 cm³/mol. The van der Waals surface area contributed by atoms with E-state index in [-0.39, 0.29) is 24.0 Å². The molecule has 0 aliphatic heterocycles. The maximum Gasteiger partial charge on any atom is 0.191 e. The van der Waals surface area contributed by atoms with E-state index in [0.717, 1.165) is 10.6 Å². The van der Waals surface area contributed by atoms with Crippen molar-refractivity contribution in [1.82, 2.24) is 15.6 Å². The third-order valence-electron chi connectivity index (χ3n) is 2.82. The number of hydrogen-bond donors (Lipinski definition) is 2. The minimum atomic E-state index is 0. The van der Waals surface area contributed by atoms with Crippen molar-refractivity contribution in [3.05, 3.63) is 51.5 Å². The number of aliphatic imine (C=N–C) groups is 1. The Bertz CT molecular complexity index is 675. The first-order chi connectivity index (χ1) is 10.2. The molecule has 22 heavy (non-hydrogen) atoms. The van der Waals surface area contributed by atoms with Crippen LogP contribution >= 0.6 is 35.3 Å². The molecular weight excluding hydrogens is 409 g/mol. The average Bonchev–Trinajstić information content (AvgIpc) is 2.93. The van der Waals surface area contributed by atoms with Crippen LogP contribution in [0.15, 0.2) is 35.5 Å². The van der Waals surface area contributed by atoms with E-state index in [9.17, 15) is 0 Å². The van der Waals surface area contributed by atoms with Crippen LogP contribution in [-0.4, -0.2) is 18.0 Å². The van der Waals surface area contributed by atoms with E-state index >= 15 is 0 Å². The highest BCUT2D eigenvalue weighted by molar-refractivity contribution is 14.0. The highest BCUT2D eigenvalue weighted by Crippen LogP contribution is 2.10. The van der Waals surface area contributed by atoms with Crippen LogP contribution in [0.1, 0.15) is 21.0 Å². The topological polar surface area (TPSA) is 73.1 Å². The lowest BCUT2D eigenvalue weighted by atomic mass is 10.1. The molecule has 2 aromatic rings. The number of benzene rings is 1. The SMILES string of the molecule is CN=C(NCc1cccc(C#N)c1)NCc1ncc(C)s1.I. The van der Waals surface area contributed by atoms with Gasteiger partial charge in [0, 0.05) is 24.7 Å². The molecule has 0 amide bonds. The van der Waals surface area contributed by atoms with Gasteiger partial charge in [0.25, 0.3) is 0 Å². The van der Waals surface area contributed by atoms with Crippen LogP contribution in [0.2, 0.25) is 0 Å². The molecule has 0 aliphatic carbocycles. The summed E-state index contributed by atoms with van der Waals surface area (Å²) in [6.45, 7) is 3.30. The van der Waals surface area contributed by atoms with E-state index in [1.54, 1.807) is 24.5 Å². The van der Waals surface area contributed by atoms with Crippen molar-refractivity contribution in [3.8, 4) is 6.07 Å². The van der Waals surface area contributed by atoms with Gasteiger partial charge in [0.2, 0.25) is 0 Å². The summed E-state index contributed by atoms with van der Waals surface area (Å²) in [5.41, 5.74) is 1.71. The van der Waals surface area contributed by atoms with Crippen molar-refractivity contribution in [2.75, 3.05) is 7.05 Å². The Hall–Kier alpha value is -1.66. The van der Waals surface area contributed by atoms with Crippen LogP contribution in [0.4, 0.5) is 0 Å². The molecule has 0 fully saturated rings. The van der Waals surface area contributed by atoms with Gasteiger partial charge in [-0.2, -0.15) is 5.26 Å². The van der Waals surface area contributed by atoms with Crippen LogP contribution in [0, 0.1) is 18.3 Å². The first-order valence-electron chi connectivity index (χ1n) is 6.56. The van der Waals surface area contributed by atoms with Crippen molar-refractivity contribution in [3.63, 3.8) is 0 Å². The lowest BCUT2D eigenvalue weighted by Crippen LogP contribution is -2.36. The number of nitrogens with one attached hydrogen (secondary N) is 2. The summed E-state index contributed by atoms with van der Waals surface area (Å²) in [6.07, 6.45) is 1.87. The Morgan fingerprint density at radius 1 is 1.36 bits per heavy atom. The fourth-order valence-corrected chi connectivity index (χ4v) is 2.53. The second kappa shape index (κ2) is 9.38. The van der Waals surface area contributed by atoms with Gasteiger partial charge in [-0.15, -0.1) is 35.3 Å². The predicted octanol–water partition coefficient (Wildman–Crippen LogP) is 2.81. The standard InChI is InChI=1S/C15H17N5S.HI/c1-11-8-18-14(21-11)10-20-15(17-2)19-9-13-5-3-4-12(6-13)7-16;/h3-6,8H,9-10H2,1-2H3,(H2,17,19,20);1H. The molecule has 0 saturated carbocycles. The van der Waals surface area contributed by atoms with Gasteiger partial charge >= 0.3 is 0 Å². The molecule has 5 nitrogen and oxygen atoms in total. The van der Waals surface area contributed by atoms with Crippen molar-refractivity contribution < 1.29 is 0 Å². The minimum Gasteiger partial charge on any atom is -0.352 e. The van der Waals surface area contributed by atoms with Crippen LogP contribution < -0.4 is 10.6 Å². The lowest BCUT2D eigenvalue weighted by molar-refractivity contribution is 0.805. The molecule has 0 radical (unpaired) electrons. The summed E-state index contributed by atoms with van der Waals surface area (Å²) < 4.78 is 0. The zero-order valence-corrected chi connectivity index (χ0v) is 15.6. The molecule has 7 heteroatoms. The third kappa shape index (κ3) is 5.61. The number of aryl methyl sites for hydroxylation is 1. The largest absolute Gasteiger partial charge is 0.352 e. The summed E-state index contributed by atoms with van der Waals surface area (Å²) in [7, 11) is 1.73. The number of nitriles is 1. The van der Waals surface area contributed by atoms with Gasteiger partial charge in [-0.1, -0.05) is 12.1 Å². The molecule has 2 rings (SSSR count). The number of rotatable bonds is 4. The second-order valence-corrected chi connectivity index (χ2v) is 5.78. The smallest absolute Gasteiger partial charge is 0.191 e. The molecule has 116 valence electrons. The molecule has 1 aromatic heterocycles. The molecule has 0 spiro atoms. The number of nitrogens with zero attached hydrogens (tertiary/aromatic N) is 3. The van der Waals surface area contributed by atoms with E-state index in [0.29, 0.717) is 24.6 Å². The molecule has 0 bridgehead atoms. The number of guanidine groups is 1. The van der Waals surface area contributed by atoms with Crippen molar-refractivity contribution in [1.29, 1.82) is 5.26 Å². The van der Waals surface area contributed by atoms with Crippen LogP contribution in [-0.2, 0) is 13.1 Å². The van der Waals surface area contributed by atoms with Crippen molar-refractivity contribution in [2.45, 2.75) is 20.0 Å². The van der Waals surface area contributed by atoms with E-state index in [4.69, 9.17) is 5.26 Å². The summed E-state index contributed by atoms with van der Waals surface area (Å²) in [4.78, 5) is 9.67. The van der Waals surface area contributed by atoms with Gasteiger partial charge in [-0.3, -0.25) is 4.99 Å². The minimum absolute atomic E-state index is 0. The maximum atomic E-state index is 8.89. The number of thiazole rings is 1. The normalized spacial score (nSPS) is 10.5. The zero-order valence-electron chi connectivity index (χ0n) is 12.5. The molecular formula is C15H18IN5S. The van der Waals surface area contributed by atoms with E-state index in [2.05, 4.69) is 26.7 Å². The summed E-state index contributed by atoms with van der Waals surface area (Å²) in [6, 6.07) is 9.65. The fourth-order valence-electron chi connectivity index (χ4n) is 1.80. The van der Waals surface area contributed by atoms with Gasteiger partial charge in [0.05, 0.1) is 18.2 Å². The van der Waals surface area contributed by atoms with Gasteiger partial charge in [-0.05, 0) is 24.6 Å². The first-order valence-corrected chi connectivity index (χ1v) is 7.38. The Morgan fingerprint density at radius 2 is 2.14 bits per heavy atom. The summed E-state index contributed by atoms with van der Waals surface area (Å²) in [5.74, 6) is 0.713. The lowest BCUT2D eigenvalue weighted by Gasteiger charge is -2.11. The van der Waals surface area contributed by atoms with E-state index in [1.807, 2.05) is 31.3 Å².